The summed E-state index contributed by atoms with van der Waals surface area (Å²) >= 11 is 0. The molecule has 0 fully saturated rings. The first-order chi connectivity index (χ1) is 10.3. The summed E-state index contributed by atoms with van der Waals surface area (Å²) in [5, 5.41) is 7.78. The number of ether oxygens (including phenoxy) is 1. The van der Waals surface area contributed by atoms with E-state index in [2.05, 4.69) is 10.2 Å². The van der Waals surface area contributed by atoms with Crippen molar-refractivity contribution in [2.45, 2.75) is 12.6 Å². The Labute approximate surface area is 122 Å². The number of anilines is 1. The van der Waals surface area contributed by atoms with Crippen molar-refractivity contribution in [3.63, 3.8) is 0 Å². The number of rotatable bonds is 4. The van der Waals surface area contributed by atoms with Crippen LogP contribution in [0.1, 0.15) is 5.56 Å². The van der Waals surface area contributed by atoms with Crippen molar-refractivity contribution < 1.29 is 9.53 Å². The Kier molecular flexibility index (Phi) is 3.64. The van der Waals surface area contributed by atoms with Crippen LogP contribution in [0.15, 0.2) is 64.8 Å². The van der Waals surface area contributed by atoms with Crippen molar-refractivity contribution in [1.82, 2.24) is 0 Å². The fourth-order valence-electron chi connectivity index (χ4n) is 2.33. The van der Waals surface area contributed by atoms with E-state index in [1.807, 2.05) is 54.6 Å². The van der Waals surface area contributed by atoms with E-state index in [4.69, 9.17) is 4.74 Å². The summed E-state index contributed by atoms with van der Waals surface area (Å²) in [5.41, 5.74) is 1.89. The van der Waals surface area contributed by atoms with Crippen molar-refractivity contribution >= 4 is 11.7 Å². The third kappa shape index (κ3) is 2.76. The van der Waals surface area contributed by atoms with Crippen molar-refractivity contribution in [1.29, 1.82) is 0 Å². The summed E-state index contributed by atoms with van der Waals surface area (Å²) in [4.78, 5) is 13.6. The molecule has 1 heterocycles. The normalized spacial score (nSPS) is 17.3. The molecule has 0 saturated carbocycles. The number of amides is 2. The molecule has 0 aromatic heterocycles. The first-order valence-electron chi connectivity index (χ1n) is 6.70. The van der Waals surface area contributed by atoms with E-state index in [-0.39, 0.29) is 12.2 Å². The van der Waals surface area contributed by atoms with E-state index in [0.29, 0.717) is 6.42 Å². The summed E-state index contributed by atoms with van der Waals surface area (Å²) < 4.78 is 5.13. The van der Waals surface area contributed by atoms with E-state index in [9.17, 15) is 4.79 Å². The molecule has 0 N–H and O–H groups in total. The fourth-order valence-corrected chi connectivity index (χ4v) is 2.33. The highest BCUT2D eigenvalue weighted by atomic mass is 16.5. The third-order valence-corrected chi connectivity index (χ3v) is 3.39. The minimum absolute atomic E-state index is 0.298. The van der Waals surface area contributed by atoms with Crippen LogP contribution >= 0.6 is 0 Å². The number of urea groups is 1. The van der Waals surface area contributed by atoms with Crippen LogP contribution in [0.5, 0.6) is 5.75 Å². The molecule has 1 unspecified atom stereocenters. The van der Waals surface area contributed by atoms with Gasteiger partial charge in [0, 0.05) is 12.1 Å². The molecule has 2 aromatic carbocycles. The molecule has 0 aliphatic carbocycles. The Bertz CT molecular complexity index is 653. The van der Waals surface area contributed by atoms with Crippen molar-refractivity contribution in [2.75, 3.05) is 12.0 Å². The summed E-state index contributed by atoms with van der Waals surface area (Å²) in [5.74, 6) is 0.749. The van der Waals surface area contributed by atoms with Crippen LogP contribution in [0.25, 0.3) is 0 Å². The molecule has 3 rings (SSSR count). The van der Waals surface area contributed by atoms with Gasteiger partial charge in [-0.2, -0.15) is 5.11 Å². The van der Waals surface area contributed by atoms with E-state index in [0.717, 1.165) is 17.0 Å². The van der Waals surface area contributed by atoms with Gasteiger partial charge < -0.3 is 4.74 Å². The Hall–Kier alpha value is -2.69. The van der Waals surface area contributed by atoms with E-state index in [1.165, 1.54) is 0 Å². The zero-order valence-electron chi connectivity index (χ0n) is 11.6. The van der Waals surface area contributed by atoms with Crippen LogP contribution in [0.3, 0.4) is 0 Å². The maximum atomic E-state index is 12.0. The van der Waals surface area contributed by atoms with Gasteiger partial charge in [-0.15, -0.1) is 0 Å². The average Bonchev–Trinajstić information content (AvgIpc) is 2.89. The Balaban J connectivity index is 1.83. The topological polar surface area (TPSA) is 54.3 Å². The van der Waals surface area contributed by atoms with Crippen molar-refractivity contribution in [2.24, 2.45) is 10.2 Å². The fraction of sp³-hybridized carbons (Fsp3) is 0.188. The van der Waals surface area contributed by atoms with Gasteiger partial charge in [0.15, 0.2) is 6.17 Å². The standard InChI is InChI=1S/C16H15N3O2/c1-21-14-9-7-13(8-10-14)19-15(17-18-16(19)20)11-12-5-3-2-4-6-12/h2-10,15H,11H2,1H3. The number of carbonyl (C=O) groups excluding carboxylic acids is 1. The average molecular weight is 281 g/mol. The monoisotopic (exact) mass is 281 g/mol. The molecule has 1 aliphatic rings. The minimum Gasteiger partial charge on any atom is -0.497 e. The lowest BCUT2D eigenvalue weighted by atomic mass is 10.1. The molecule has 0 saturated heterocycles. The first-order valence-corrected chi connectivity index (χ1v) is 6.70. The summed E-state index contributed by atoms with van der Waals surface area (Å²) in [6.45, 7) is 0. The highest BCUT2D eigenvalue weighted by Gasteiger charge is 2.30. The summed E-state index contributed by atoms with van der Waals surface area (Å²) in [7, 11) is 1.61. The van der Waals surface area contributed by atoms with Gasteiger partial charge in [-0.25, -0.2) is 4.79 Å². The Morgan fingerprint density at radius 2 is 1.81 bits per heavy atom. The molecule has 1 aliphatic heterocycles. The molecule has 2 amide bonds. The van der Waals surface area contributed by atoms with Crippen molar-refractivity contribution in [3.8, 4) is 5.75 Å². The van der Waals surface area contributed by atoms with Gasteiger partial charge in [0.2, 0.25) is 0 Å². The SMILES string of the molecule is COc1ccc(N2C(=O)N=NC2Cc2ccccc2)cc1. The molecular weight excluding hydrogens is 266 g/mol. The number of hydrogen-bond donors (Lipinski definition) is 0. The second-order valence-electron chi connectivity index (χ2n) is 4.74. The van der Waals surface area contributed by atoms with Gasteiger partial charge in [-0.1, -0.05) is 35.4 Å². The predicted octanol–water partition coefficient (Wildman–Crippen LogP) is 3.66. The van der Waals surface area contributed by atoms with E-state index < -0.39 is 0 Å². The number of carbonyl (C=O) groups is 1. The Morgan fingerprint density at radius 1 is 1.10 bits per heavy atom. The van der Waals surface area contributed by atoms with Gasteiger partial charge in [0.05, 0.1) is 7.11 Å². The molecular formula is C16H15N3O2. The maximum absolute atomic E-state index is 12.0. The largest absolute Gasteiger partial charge is 0.497 e. The lowest BCUT2D eigenvalue weighted by molar-refractivity contribution is 0.255. The van der Waals surface area contributed by atoms with Gasteiger partial charge in [0.1, 0.15) is 5.75 Å². The molecule has 0 radical (unpaired) electrons. The smallest absolute Gasteiger partial charge is 0.368 e. The molecule has 5 nitrogen and oxygen atoms in total. The molecule has 1 atom stereocenters. The highest BCUT2D eigenvalue weighted by Crippen LogP contribution is 2.27. The third-order valence-electron chi connectivity index (χ3n) is 3.39. The molecule has 2 aromatic rings. The zero-order chi connectivity index (χ0) is 14.7. The molecule has 21 heavy (non-hydrogen) atoms. The number of hydrogen-bond acceptors (Lipinski definition) is 3. The molecule has 0 spiro atoms. The van der Waals surface area contributed by atoms with Gasteiger partial charge in [-0.3, -0.25) is 4.90 Å². The quantitative estimate of drug-likeness (QED) is 0.858. The molecule has 0 bridgehead atoms. The molecule has 5 heteroatoms. The predicted molar refractivity (Wildman–Crippen MR) is 79.7 cm³/mol. The van der Waals surface area contributed by atoms with Crippen LogP contribution in [0.4, 0.5) is 10.5 Å². The Morgan fingerprint density at radius 3 is 2.48 bits per heavy atom. The first kappa shape index (κ1) is 13.3. The second-order valence-corrected chi connectivity index (χ2v) is 4.74. The van der Waals surface area contributed by atoms with Gasteiger partial charge >= 0.3 is 6.03 Å². The number of methoxy groups -OCH3 is 1. The zero-order valence-corrected chi connectivity index (χ0v) is 11.6. The number of nitrogens with zero attached hydrogens (tertiary/aromatic N) is 3. The van der Waals surface area contributed by atoms with Crippen LogP contribution in [-0.2, 0) is 6.42 Å². The van der Waals surface area contributed by atoms with Crippen LogP contribution in [0, 0.1) is 0 Å². The highest BCUT2D eigenvalue weighted by molar-refractivity contribution is 5.94. The minimum atomic E-state index is -0.332. The summed E-state index contributed by atoms with van der Waals surface area (Å²) in [6.07, 6.45) is 0.343. The van der Waals surface area contributed by atoms with Crippen molar-refractivity contribution in [3.05, 3.63) is 60.2 Å². The maximum Gasteiger partial charge on any atom is 0.368 e. The number of azo groups is 1. The second kappa shape index (κ2) is 5.75. The van der Waals surface area contributed by atoms with E-state index >= 15 is 0 Å². The van der Waals surface area contributed by atoms with Crippen LogP contribution in [0.2, 0.25) is 0 Å². The number of benzene rings is 2. The van der Waals surface area contributed by atoms with E-state index in [1.54, 1.807) is 12.0 Å². The van der Waals surface area contributed by atoms with Crippen LogP contribution < -0.4 is 9.64 Å². The molecule has 106 valence electrons. The van der Waals surface area contributed by atoms with Gasteiger partial charge in [-0.05, 0) is 29.8 Å². The lowest BCUT2D eigenvalue weighted by Gasteiger charge is -2.21. The summed E-state index contributed by atoms with van der Waals surface area (Å²) in [6, 6.07) is 16.9. The van der Waals surface area contributed by atoms with Gasteiger partial charge in [0.25, 0.3) is 0 Å². The lowest BCUT2D eigenvalue weighted by Crippen LogP contribution is -2.34. The van der Waals surface area contributed by atoms with Crippen LogP contribution in [-0.4, -0.2) is 19.3 Å².